The van der Waals surface area contributed by atoms with Crippen LogP contribution >= 0.6 is 11.3 Å². The third-order valence-corrected chi connectivity index (χ3v) is 7.17. The van der Waals surface area contributed by atoms with Crippen LogP contribution in [0.1, 0.15) is 40.1 Å². The SMILES string of the molecule is Cc1ccc(C)c(N2N=C(C(=O)Nc3nc4c(s3)CN(Cc3ccccc3)CC4)CCC2=O)c1. The number of carbonyl (C=O) groups excluding carboxylic acids is 2. The molecular weight excluding hydrogens is 446 g/mol. The molecule has 7 nitrogen and oxygen atoms in total. The zero-order chi connectivity index (χ0) is 23.7. The van der Waals surface area contributed by atoms with Gasteiger partial charge < -0.3 is 0 Å². The lowest BCUT2D eigenvalue weighted by atomic mass is 10.1. The second-order valence-electron chi connectivity index (χ2n) is 8.83. The summed E-state index contributed by atoms with van der Waals surface area (Å²) in [7, 11) is 0. The lowest BCUT2D eigenvalue weighted by Crippen LogP contribution is -2.36. The van der Waals surface area contributed by atoms with E-state index in [1.165, 1.54) is 26.8 Å². The molecule has 1 aromatic heterocycles. The van der Waals surface area contributed by atoms with Crippen molar-refractivity contribution < 1.29 is 9.59 Å². The monoisotopic (exact) mass is 473 g/mol. The number of hydrogen-bond acceptors (Lipinski definition) is 6. The van der Waals surface area contributed by atoms with Gasteiger partial charge in [-0.1, -0.05) is 42.5 Å². The molecule has 2 aliphatic rings. The van der Waals surface area contributed by atoms with Gasteiger partial charge in [-0.15, -0.1) is 11.3 Å². The number of carbonyl (C=O) groups is 2. The first-order chi connectivity index (χ1) is 16.5. The smallest absolute Gasteiger partial charge is 0.273 e. The molecule has 0 unspecified atom stereocenters. The van der Waals surface area contributed by atoms with Crippen LogP contribution in [0.15, 0.2) is 53.6 Å². The van der Waals surface area contributed by atoms with Gasteiger partial charge in [0.1, 0.15) is 5.71 Å². The van der Waals surface area contributed by atoms with Gasteiger partial charge in [0.05, 0.1) is 11.4 Å². The average molecular weight is 474 g/mol. The van der Waals surface area contributed by atoms with Crippen LogP contribution in [-0.2, 0) is 29.1 Å². The summed E-state index contributed by atoms with van der Waals surface area (Å²) in [6, 6.07) is 16.3. The highest BCUT2D eigenvalue weighted by molar-refractivity contribution is 7.16. The van der Waals surface area contributed by atoms with Crippen LogP contribution in [0.5, 0.6) is 0 Å². The van der Waals surface area contributed by atoms with E-state index < -0.39 is 0 Å². The number of amides is 2. The fourth-order valence-electron chi connectivity index (χ4n) is 4.30. The predicted octanol–water partition coefficient (Wildman–Crippen LogP) is 4.44. The van der Waals surface area contributed by atoms with Crippen LogP contribution in [-0.4, -0.2) is 34.0 Å². The lowest BCUT2D eigenvalue weighted by molar-refractivity contribution is -0.118. The van der Waals surface area contributed by atoms with E-state index >= 15 is 0 Å². The minimum atomic E-state index is -0.296. The Labute approximate surface area is 203 Å². The highest BCUT2D eigenvalue weighted by atomic mass is 32.1. The van der Waals surface area contributed by atoms with Crippen LogP contribution in [0.4, 0.5) is 10.8 Å². The summed E-state index contributed by atoms with van der Waals surface area (Å²) in [5, 5.41) is 9.32. The number of thiazole rings is 1. The molecule has 1 N–H and O–H groups in total. The summed E-state index contributed by atoms with van der Waals surface area (Å²) in [5.41, 5.74) is 5.40. The minimum absolute atomic E-state index is 0.103. The summed E-state index contributed by atoms with van der Waals surface area (Å²) in [5.74, 6) is -0.400. The van der Waals surface area contributed by atoms with E-state index in [1.807, 2.05) is 38.1 Å². The second-order valence-corrected chi connectivity index (χ2v) is 9.92. The Balaban J connectivity index is 1.28. The maximum Gasteiger partial charge on any atom is 0.273 e. The molecule has 0 saturated heterocycles. The van der Waals surface area contributed by atoms with Gasteiger partial charge in [-0.2, -0.15) is 5.10 Å². The molecule has 0 spiro atoms. The molecule has 2 aliphatic heterocycles. The molecule has 34 heavy (non-hydrogen) atoms. The summed E-state index contributed by atoms with van der Waals surface area (Å²) < 4.78 is 0. The number of nitrogens with zero attached hydrogens (tertiary/aromatic N) is 4. The maximum absolute atomic E-state index is 13.0. The Morgan fingerprint density at radius 2 is 1.91 bits per heavy atom. The van der Waals surface area contributed by atoms with Crippen molar-refractivity contribution >= 4 is 39.7 Å². The standard InChI is InChI=1S/C26H27N5O2S/c1-17-8-9-18(2)22(14-17)31-24(32)11-10-21(29-31)25(33)28-26-27-20-12-13-30(16-23(20)34-26)15-19-6-4-3-5-7-19/h3-9,14H,10-13,15-16H2,1-2H3,(H,27,28,33). The first-order valence-electron chi connectivity index (χ1n) is 11.5. The highest BCUT2D eigenvalue weighted by Crippen LogP contribution is 2.30. The van der Waals surface area contributed by atoms with E-state index in [0.717, 1.165) is 48.6 Å². The summed E-state index contributed by atoms with van der Waals surface area (Å²) >= 11 is 1.52. The molecule has 0 atom stereocenters. The second kappa shape index (κ2) is 9.48. The van der Waals surface area contributed by atoms with Crippen molar-refractivity contribution in [1.82, 2.24) is 9.88 Å². The van der Waals surface area contributed by atoms with Gasteiger partial charge >= 0.3 is 0 Å². The van der Waals surface area contributed by atoms with Crippen molar-refractivity contribution in [2.75, 3.05) is 16.9 Å². The van der Waals surface area contributed by atoms with Crippen molar-refractivity contribution in [2.45, 2.75) is 46.2 Å². The zero-order valence-electron chi connectivity index (χ0n) is 19.4. The highest BCUT2D eigenvalue weighted by Gasteiger charge is 2.28. The molecule has 8 heteroatoms. The number of hydrazone groups is 1. The van der Waals surface area contributed by atoms with Gasteiger partial charge in [0.25, 0.3) is 5.91 Å². The quantitative estimate of drug-likeness (QED) is 0.594. The van der Waals surface area contributed by atoms with Crippen molar-refractivity contribution in [3.8, 4) is 0 Å². The molecule has 3 aromatic rings. The number of nitrogens with one attached hydrogen (secondary N) is 1. The van der Waals surface area contributed by atoms with E-state index in [9.17, 15) is 9.59 Å². The third-order valence-electron chi connectivity index (χ3n) is 6.17. The number of benzene rings is 2. The molecule has 0 fully saturated rings. The van der Waals surface area contributed by atoms with E-state index in [-0.39, 0.29) is 18.2 Å². The van der Waals surface area contributed by atoms with Crippen molar-refractivity contribution in [3.05, 3.63) is 75.8 Å². The molecule has 5 rings (SSSR count). The largest absolute Gasteiger partial charge is 0.297 e. The topological polar surface area (TPSA) is 77.9 Å². The van der Waals surface area contributed by atoms with E-state index in [2.05, 4.69) is 44.6 Å². The van der Waals surface area contributed by atoms with Crippen molar-refractivity contribution in [2.24, 2.45) is 5.10 Å². The number of rotatable bonds is 5. The van der Waals surface area contributed by atoms with Crippen molar-refractivity contribution in [1.29, 1.82) is 0 Å². The summed E-state index contributed by atoms with van der Waals surface area (Å²) in [6.45, 7) is 6.58. The van der Waals surface area contributed by atoms with E-state index in [4.69, 9.17) is 0 Å². The van der Waals surface area contributed by atoms with Gasteiger partial charge in [0, 0.05) is 43.8 Å². The predicted molar refractivity (Wildman–Crippen MR) is 135 cm³/mol. The fourth-order valence-corrected chi connectivity index (χ4v) is 5.35. The van der Waals surface area contributed by atoms with E-state index in [1.54, 1.807) is 0 Å². The molecule has 0 aliphatic carbocycles. The summed E-state index contributed by atoms with van der Waals surface area (Å²) in [6.07, 6.45) is 1.44. The van der Waals surface area contributed by atoms with Crippen molar-refractivity contribution in [3.63, 3.8) is 0 Å². The van der Waals surface area contributed by atoms with Gasteiger partial charge in [-0.25, -0.2) is 9.99 Å². The molecule has 3 heterocycles. The first-order valence-corrected chi connectivity index (χ1v) is 12.3. The Morgan fingerprint density at radius 3 is 2.74 bits per heavy atom. The normalized spacial score (nSPS) is 16.2. The molecule has 2 aromatic carbocycles. The van der Waals surface area contributed by atoms with Gasteiger partial charge in [0.2, 0.25) is 5.91 Å². The minimum Gasteiger partial charge on any atom is -0.297 e. The first kappa shape index (κ1) is 22.4. The number of fused-ring (bicyclic) bond motifs is 1. The van der Waals surface area contributed by atoms with Crippen LogP contribution in [0.3, 0.4) is 0 Å². The molecule has 174 valence electrons. The molecule has 2 amide bonds. The Hall–Kier alpha value is -3.36. The molecule has 0 radical (unpaired) electrons. The van der Waals surface area contributed by atoms with E-state index in [0.29, 0.717) is 17.3 Å². The van der Waals surface area contributed by atoms with Crippen LogP contribution in [0.2, 0.25) is 0 Å². The average Bonchev–Trinajstić information content (AvgIpc) is 3.23. The number of anilines is 2. The fraction of sp³-hybridized carbons (Fsp3) is 0.308. The Bertz CT molecular complexity index is 1270. The van der Waals surface area contributed by atoms with Crippen LogP contribution < -0.4 is 10.3 Å². The number of aromatic nitrogens is 1. The molecular formula is C26H27N5O2S. The lowest BCUT2D eigenvalue weighted by Gasteiger charge is -2.25. The number of hydrogen-bond donors (Lipinski definition) is 1. The molecule has 0 saturated carbocycles. The maximum atomic E-state index is 13.0. The zero-order valence-corrected chi connectivity index (χ0v) is 20.2. The summed E-state index contributed by atoms with van der Waals surface area (Å²) in [4.78, 5) is 33.8. The van der Waals surface area contributed by atoms with Gasteiger partial charge in [0.15, 0.2) is 5.13 Å². The van der Waals surface area contributed by atoms with Gasteiger partial charge in [-0.3, -0.25) is 19.8 Å². The van der Waals surface area contributed by atoms with Crippen LogP contribution in [0, 0.1) is 13.8 Å². The number of aryl methyl sites for hydroxylation is 2. The third kappa shape index (κ3) is 4.78. The van der Waals surface area contributed by atoms with Crippen LogP contribution in [0.25, 0.3) is 0 Å². The van der Waals surface area contributed by atoms with Gasteiger partial charge in [-0.05, 0) is 36.6 Å². The molecule has 0 bridgehead atoms. The Morgan fingerprint density at radius 1 is 1.09 bits per heavy atom. The Kier molecular flexibility index (Phi) is 6.26.